The van der Waals surface area contributed by atoms with Gasteiger partial charge in [0.05, 0.1) is 33.2 Å². The van der Waals surface area contributed by atoms with Crippen LogP contribution >= 0.6 is 22.6 Å². The zero-order chi connectivity index (χ0) is 21.1. The average Bonchev–Trinajstić information content (AvgIpc) is 2.92. The van der Waals surface area contributed by atoms with E-state index in [0.717, 1.165) is 25.5 Å². The third kappa shape index (κ3) is 3.09. The van der Waals surface area contributed by atoms with Gasteiger partial charge in [0.15, 0.2) is 9.84 Å². The lowest BCUT2D eigenvalue weighted by atomic mass is 10.0. The highest BCUT2D eigenvalue weighted by Crippen LogP contribution is 2.31. The number of halogens is 1. The van der Waals surface area contributed by atoms with E-state index in [-0.39, 0.29) is 5.69 Å². The number of rotatable bonds is 3. The smallest absolute Gasteiger partial charge is 0.293 e. The van der Waals surface area contributed by atoms with Crippen molar-refractivity contribution in [2.24, 2.45) is 7.05 Å². The minimum atomic E-state index is -3.29. The van der Waals surface area contributed by atoms with Crippen molar-refractivity contribution < 1.29 is 8.42 Å². The first-order chi connectivity index (χ1) is 13.5. The Morgan fingerprint density at radius 2 is 1.72 bits per heavy atom. The topological polar surface area (TPSA) is 74.0 Å². The molecule has 0 bridgehead atoms. The lowest BCUT2D eigenvalue weighted by molar-refractivity contribution is 0.561. The van der Waals surface area contributed by atoms with E-state index in [4.69, 9.17) is 0 Å². The largest absolute Gasteiger partial charge is 0.333 e. The van der Waals surface area contributed by atoms with Crippen molar-refractivity contribution in [1.29, 1.82) is 0 Å². The Bertz CT molecular complexity index is 1430. The maximum atomic E-state index is 13.1. The summed E-state index contributed by atoms with van der Waals surface area (Å²) >= 11 is 2.24. The molecule has 0 saturated heterocycles. The van der Waals surface area contributed by atoms with Crippen LogP contribution in [0, 0.1) is 3.57 Å². The van der Waals surface area contributed by atoms with Crippen LogP contribution in [0.2, 0.25) is 0 Å². The summed E-state index contributed by atoms with van der Waals surface area (Å²) in [6.45, 7) is 3.37. The minimum Gasteiger partial charge on any atom is -0.293 e. The highest BCUT2D eigenvalue weighted by molar-refractivity contribution is 14.1. The first-order valence-electron chi connectivity index (χ1n) is 8.98. The van der Waals surface area contributed by atoms with Gasteiger partial charge in [0.2, 0.25) is 0 Å². The first kappa shape index (κ1) is 20.1. The molecule has 8 heteroatoms. The third-order valence-electron chi connectivity index (χ3n) is 5.59. The molecule has 4 rings (SSSR count). The molecule has 4 aromatic rings. The van der Waals surface area contributed by atoms with E-state index in [1.54, 1.807) is 60.5 Å². The number of aromatic nitrogens is 3. The fraction of sp³-hybridized carbons (Fsp3) is 0.238. The second kappa shape index (κ2) is 6.66. The van der Waals surface area contributed by atoms with Crippen molar-refractivity contribution in [3.63, 3.8) is 0 Å². The maximum absolute atomic E-state index is 13.1. The fourth-order valence-electron chi connectivity index (χ4n) is 3.43. The summed E-state index contributed by atoms with van der Waals surface area (Å²) in [6.07, 6.45) is 2.94. The Kier molecular flexibility index (Phi) is 4.62. The van der Waals surface area contributed by atoms with Gasteiger partial charge in [0.1, 0.15) is 0 Å². The quantitative estimate of drug-likeness (QED) is 0.385. The zero-order valence-electron chi connectivity index (χ0n) is 16.5. The molecule has 0 amide bonds. The number of benzene rings is 2. The summed E-state index contributed by atoms with van der Waals surface area (Å²) < 4.78 is 27.6. The monoisotopic (exact) mass is 521 g/mol. The van der Waals surface area contributed by atoms with E-state index >= 15 is 0 Å². The summed E-state index contributed by atoms with van der Waals surface area (Å²) in [4.78, 5) is 17.5. The molecule has 0 fully saturated rings. The van der Waals surface area contributed by atoms with E-state index in [1.165, 1.54) is 6.26 Å². The number of aryl methyl sites for hydroxylation is 1. The Hall–Kier alpha value is -2.20. The van der Waals surface area contributed by atoms with Gasteiger partial charge in [-0.2, -0.15) is 0 Å². The minimum absolute atomic E-state index is 0.178. The molecule has 29 heavy (non-hydrogen) atoms. The molecule has 0 aliphatic heterocycles. The number of imidazole rings is 1. The maximum Gasteiger partial charge on any atom is 0.333 e. The van der Waals surface area contributed by atoms with E-state index in [1.807, 2.05) is 18.2 Å². The van der Waals surface area contributed by atoms with Crippen molar-refractivity contribution in [1.82, 2.24) is 14.1 Å². The van der Waals surface area contributed by atoms with Crippen LogP contribution in [-0.2, 0) is 21.6 Å². The normalized spacial score (nSPS) is 12.7. The van der Waals surface area contributed by atoms with Gasteiger partial charge < -0.3 is 0 Å². The molecule has 0 unspecified atom stereocenters. The van der Waals surface area contributed by atoms with Crippen molar-refractivity contribution in [2.75, 3.05) is 6.26 Å². The molecule has 6 nitrogen and oxygen atoms in total. The number of hydrogen-bond donors (Lipinski definition) is 0. The van der Waals surface area contributed by atoms with Gasteiger partial charge in [0, 0.05) is 22.3 Å². The van der Waals surface area contributed by atoms with E-state index < -0.39 is 14.6 Å². The first-order valence-corrected chi connectivity index (χ1v) is 12.0. The Morgan fingerprint density at radius 1 is 1.07 bits per heavy atom. The highest BCUT2D eigenvalue weighted by atomic mass is 127. The lowest BCUT2D eigenvalue weighted by Crippen LogP contribution is -2.28. The van der Waals surface area contributed by atoms with Crippen molar-refractivity contribution in [2.45, 2.75) is 18.6 Å². The predicted molar refractivity (Wildman–Crippen MR) is 124 cm³/mol. The molecule has 2 aromatic carbocycles. The van der Waals surface area contributed by atoms with Gasteiger partial charge in [0.25, 0.3) is 0 Å². The highest BCUT2D eigenvalue weighted by Gasteiger charge is 2.32. The molecule has 2 heterocycles. The molecule has 0 atom stereocenters. The van der Waals surface area contributed by atoms with Crippen LogP contribution in [0.4, 0.5) is 0 Å². The van der Waals surface area contributed by atoms with Gasteiger partial charge in [-0.05, 0) is 72.3 Å². The summed E-state index contributed by atoms with van der Waals surface area (Å²) in [5.74, 6) is 0. The van der Waals surface area contributed by atoms with E-state index in [9.17, 15) is 13.2 Å². The van der Waals surface area contributed by atoms with Gasteiger partial charge in [-0.25, -0.2) is 13.2 Å². The average molecular weight is 521 g/mol. The van der Waals surface area contributed by atoms with Crippen molar-refractivity contribution in [3.05, 3.63) is 68.3 Å². The number of sulfone groups is 1. The number of nitrogens with zero attached hydrogens (tertiary/aromatic N) is 3. The molecule has 2 aromatic heterocycles. The van der Waals surface area contributed by atoms with Crippen molar-refractivity contribution in [3.8, 4) is 5.69 Å². The predicted octanol–water partition coefficient (Wildman–Crippen LogP) is 3.76. The lowest BCUT2D eigenvalue weighted by Gasteiger charge is -2.23. The number of fused-ring (bicyclic) bond motifs is 3. The van der Waals surface area contributed by atoms with Crippen LogP contribution in [0.15, 0.2) is 53.5 Å². The third-order valence-corrected chi connectivity index (χ3v) is 8.35. The molecule has 0 aliphatic rings. The molecule has 0 aliphatic carbocycles. The summed E-state index contributed by atoms with van der Waals surface area (Å²) in [5, 5.41) is 0.896. The fourth-order valence-corrected chi connectivity index (χ4v) is 4.49. The van der Waals surface area contributed by atoms with Crippen molar-refractivity contribution >= 4 is 54.4 Å². The van der Waals surface area contributed by atoms with Crippen LogP contribution in [0.3, 0.4) is 0 Å². The zero-order valence-corrected chi connectivity index (χ0v) is 19.4. The second-order valence-electron chi connectivity index (χ2n) is 7.66. The second-order valence-corrected chi connectivity index (χ2v) is 11.5. The van der Waals surface area contributed by atoms with Crippen LogP contribution in [0.1, 0.15) is 19.4 Å². The molecule has 0 radical (unpaired) electrons. The Morgan fingerprint density at radius 3 is 2.34 bits per heavy atom. The van der Waals surface area contributed by atoms with Gasteiger partial charge in [-0.1, -0.05) is 12.1 Å². The van der Waals surface area contributed by atoms with Crippen LogP contribution in [-0.4, -0.2) is 28.8 Å². The number of pyridine rings is 1. The van der Waals surface area contributed by atoms with Gasteiger partial charge in [-0.15, -0.1) is 0 Å². The molecular weight excluding hydrogens is 501 g/mol. The standard InChI is InChI=1S/C21H20IN3O3S/c1-21(2,29(4,27)28)13-5-8-15(9-6-13)25-19-16-11-14(22)7-10-17(16)23-12-18(19)24(3)20(25)26/h5-12H,1-4H3. The summed E-state index contributed by atoms with van der Waals surface area (Å²) in [7, 11) is -1.56. The van der Waals surface area contributed by atoms with Crippen LogP contribution in [0.5, 0.6) is 0 Å². The molecule has 0 spiro atoms. The summed E-state index contributed by atoms with van der Waals surface area (Å²) in [6, 6.07) is 13.1. The molecular formula is C21H20IN3O3S. The van der Waals surface area contributed by atoms with Gasteiger partial charge >= 0.3 is 5.69 Å². The Balaban J connectivity index is 2.01. The van der Waals surface area contributed by atoms with E-state index in [0.29, 0.717) is 11.3 Å². The van der Waals surface area contributed by atoms with Crippen LogP contribution < -0.4 is 5.69 Å². The van der Waals surface area contributed by atoms with E-state index in [2.05, 4.69) is 27.6 Å². The number of hydrogen-bond acceptors (Lipinski definition) is 4. The van der Waals surface area contributed by atoms with Gasteiger partial charge in [-0.3, -0.25) is 14.1 Å². The SMILES string of the molecule is Cn1c(=O)n(-c2ccc(C(C)(C)S(C)(=O)=O)cc2)c2c3cc(I)ccc3ncc21. The van der Waals surface area contributed by atoms with Crippen LogP contribution in [0.25, 0.3) is 27.6 Å². The molecule has 150 valence electrons. The molecule has 0 saturated carbocycles. The summed E-state index contributed by atoms with van der Waals surface area (Å²) in [5.41, 5.74) is 3.52. The Labute approximate surface area is 182 Å². The molecule has 0 N–H and O–H groups in total.